The number of imide groups is 1. The summed E-state index contributed by atoms with van der Waals surface area (Å²) in [5.41, 5.74) is 1.09. The second kappa shape index (κ2) is 7.90. The predicted molar refractivity (Wildman–Crippen MR) is 99.0 cm³/mol. The van der Waals surface area contributed by atoms with E-state index in [4.69, 9.17) is 0 Å². The smallest absolute Gasteiger partial charge is 0.289 e. The van der Waals surface area contributed by atoms with E-state index in [1.165, 1.54) is 11.8 Å². The fourth-order valence-corrected chi connectivity index (χ4v) is 4.20. The van der Waals surface area contributed by atoms with Crippen LogP contribution in [-0.2, 0) is 9.59 Å². The molecule has 138 valence electrons. The second-order valence-electron chi connectivity index (χ2n) is 6.51. The van der Waals surface area contributed by atoms with Gasteiger partial charge in [0, 0.05) is 18.2 Å². The molecule has 0 radical (unpaired) electrons. The van der Waals surface area contributed by atoms with E-state index in [0.29, 0.717) is 17.7 Å². The van der Waals surface area contributed by atoms with Gasteiger partial charge >= 0.3 is 0 Å². The molecule has 1 heterocycles. The van der Waals surface area contributed by atoms with Crippen molar-refractivity contribution in [2.24, 2.45) is 0 Å². The molecule has 2 aliphatic rings. The lowest BCUT2D eigenvalue weighted by Crippen LogP contribution is -2.54. The SMILES string of the molecule is CC(=O)Nc1ccc(C(=O)NC2CCCCC2N2C(=O)CSC2=O)cc1. The molecule has 8 heteroatoms. The van der Waals surface area contributed by atoms with E-state index in [1.807, 2.05) is 0 Å². The van der Waals surface area contributed by atoms with Crippen LogP contribution in [0.1, 0.15) is 43.0 Å². The van der Waals surface area contributed by atoms with Crippen LogP contribution < -0.4 is 10.6 Å². The molecule has 1 aromatic rings. The summed E-state index contributed by atoms with van der Waals surface area (Å²) in [5, 5.41) is 5.41. The number of anilines is 1. The number of carbonyl (C=O) groups is 4. The van der Waals surface area contributed by atoms with E-state index in [1.54, 1.807) is 24.3 Å². The van der Waals surface area contributed by atoms with E-state index >= 15 is 0 Å². The first-order valence-electron chi connectivity index (χ1n) is 8.63. The fraction of sp³-hybridized carbons (Fsp3) is 0.444. The van der Waals surface area contributed by atoms with Gasteiger partial charge in [-0.3, -0.25) is 24.1 Å². The zero-order valence-electron chi connectivity index (χ0n) is 14.5. The molecule has 26 heavy (non-hydrogen) atoms. The van der Waals surface area contributed by atoms with E-state index in [2.05, 4.69) is 10.6 Å². The number of hydrogen-bond acceptors (Lipinski definition) is 5. The Labute approximate surface area is 155 Å². The van der Waals surface area contributed by atoms with Gasteiger partial charge in [-0.05, 0) is 37.1 Å². The van der Waals surface area contributed by atoms with Gasteiger partial charge in [-0.1, -0.05) is 24.6 Å². The van der Waals surface area contributed by atoms with E-state index < -0.39 is 0 Å². The number of benzene rings is 1. The van der Waals surface area contributed by atoms with Crippen LogP contribution in [0.4, 0.5) is 10.5 Å². The average molecular weight is 375 g/mol. The maximum atomic E-state index is 12.6. The third kappa shape index (κ3) is 4.07. The molecule has 0 spiro atoms. The van der Waals surface area contributed by atoms with Crippen molar-refractivity contribution in [2.75, 3.05) is 11.1 Å². The van der Waals surface area contributed by atoms with Crippen molar-refractivity contribution in [2.45, 2.75) is 44.7 Å². The summed E-state index contributed by atoms with van der Waals surface area (Å²) in [5.74, 6) is -0.417. The van der Waals surface area contributed by atoms with Gasteiger partial charge in [-0.15, -0.1) is 0 Å². The van der Waals surface area contributed by atoms with Crippen molar-refractivity contribution in [3.8, 4) is 0 Å². The predicted octanol–water partition coefficient (Wildman–Crippen LogP) is 2.38. The number of rotatable bonds is 4. The highest BCUT2D eigenvalue weighted by atomic mass is 32.2. The number of nitrogens with one attached hydrogen (secondary N) is 2. The summed E-state index contributed by atoms with van der Waals surface area (Å²) in [4.78, 5) is 49.0. The molecular formula is C18H21N3O4S. The van der Waals surface area contributed by atoms with Crippen LogP contribution in [0.5, 0.6) is 0 Å². The molecule has 2 unspecified atom stereocenters. The quantitative estimate of drug-likeness (QED) is 0.842. The summed E-state index contributed by atoms with van der Waals surface area (Å²) in [7, 11) is 0. The van der Waals surface area contributed by atoms with E-state index in [-0.39, 0.29) is 40.8 Å². The Hall–Kier alpha value is -2.35. The first-order chi connectivity index (χ1) is 12.5. The largest absolute Gasteiger partial charge is 0.347 e. The van der Waals surface area contributed by atoms with Crippen molar-refractivity contribution in [3.05, 3.63) is 29.8 Å². The Balaban J connectivity index is 1.69. The number of hydrogen-bond donors (Lipinski definition) is 2. The molecule has 1 aromatic carbocycles. The Morgan fingerprint density at radius 1 is 1.12 bits per heavy atom. The molecule has 1 aliphatic carbocycles. The second-order valence-corrected chi connectivity index (χ2v) is 7.44. The summed E-state index contributed by atoms with van der Waals surface area (Å²) in [6.45, 7) is 1.42. The summed E-state index contributed by atoms with van der Waals surface area (Å²) < 4.78 is 0. The molecule has 2 fully saturated rings. The van der Waals surface area contributed by atoms with Crippen LogP contribution in [0.3, 0.4) is 0 Å². The third-order valence-corrected chi connectivity index (χ3v) is 5.46. The molecule has 1 aliphatic heterocycles. The summed E-state index contributed by atoms with van der Waals surface area (Å²) in [6.07, 6.45) is 3.34. The lowest BCUT2D eigenvalue weighted by Gasteiger charge is -2.36. The molecule has 1 saturated heterocycles. The van der Waals surface area contributed by atoms with Gasteiger partial charge in [-0.2, -0.15) is 0 Å². The first kappa shape index (κ1) is 18.4. The standard InChI is InChI=1S/C18H21N3O4S/c1-11(22)19-13-8-6-12(7-9-13)17(24)20-14-4-2-3-5-15(14)21-16(23)10-26-18(21)25/h6-9,14-15H,2-5,10H2,1H3,(H,19,22)(H,20,24). The van der Waals surface area contributed by atoms with Crippen LogP contribution in [0, 0.1) is 0 Å². The van der Waals surface area contributed by atoms with E-state index in [0.717, 1.165) is 31.0 Å². The van der Waals surface area contributed by atoms with Gasteiger partial charge in [0.2, 0.25) is 11.8 Å². The number of carbonyl (C=O) groups excluding carboxylic acids is 4. The van der Waals surface area contributed by atoms with Gasteiger partial charge < -0.3 is 10.6 Å². The highest BCUT2D eigenvalue weighted by molar-refractivity contribution is 8.14. The molecule has 2 atom stereocenters. The fourth-order valence-electron chi connectivity index (χ4n) is 3.43. The minimum Gasteiger partial charge on any atom is -0.347 e. The third-order valence-electron chi connectivity index (χ3n) is 4.63. The molecule has 2 N–H and O–H groups in total. The molecule has 0 bridgehead atoms. The summed E-state index contributed by atoms with van der Waals surface area (Å²) in [6, 6.07) is 6.10. The van der Waals surface area contributed by atoms with Crippen LogP contribution in [0.15, 0.2) is 24.3 Å². The van der Waals surface area contributed by atoms with E-state index in [9.17, 15) is 19.2 Å². The zero-order chi connectivity index (χ0) is 18.7. The molecule has 3 rings (SSSR count). The van der Waals surface area contributed by atoms with Gasteiger partial charge in [-0.25, -0.2) is 0 Å². The van der Waals surface area contributed by atoms with Crippen molar-refractivity contribution in [1.82, 2.24) is 10.2 Å². The Bertz CT molecular complexity index is 718. The first-order valence-corrected chi connectivity index (χ1v) is 9.61. The van der Waals surface area contributed by atoms with Gasteiger partial charge in [0.25, 0.3) is 11.1 Å². The van der Waals surface area contributed by atoms with Crippen LogP contribution in [-0.4, -0.2) is 45.7 Å². The monoisotopic (exact) mass is 375 g/mol. The summed E-state index contributed by atoms with van der Waals surface area (Å²) >= 11 is 1.02. The van der Waals surface area contributed by atoms with Crippen molar-refractivity contribution in [3.63, 3.8) is 0 Å². The molecule has 7 nitrogen and oxygen atoms in total. The highest BCUT2D eigenvalue weighted by Crippen LogP contribution is 2.30. The number of nitrogens with zero attached hydrogens (tertiary/aromatic N) is 1. The Morgan fingerprint density at radius 3 is 2.42 bits per heavy atom. The van der Waals surface area contributed by atoms with Gasteiger partial charge in [0.05, 0.1) is 17.8 Å². The lowest BCUT2D eigenvalue weighted by molar-refractivity contribution is -0.127. The maximum Gasteiger partial charge on any atom is 0.289 e. The Morgan fingerprint density at radius 2 is 1.81 bits per heavy atom. The lowest BCUT2D eigenvalue weighted by atomic mass is 9.89. The van der Waals surface area contributed by atoms with Gasteiger partial charge in [0.1, 0.15) is 0 Å². The van der Waals surface area contributed by atoms with Crippen molar-refractivity contribution >= 4 is 40.4 Å². The van der Waals surface area contributed by atoms with Crippen molar-refractivity contribution < 1.29 is 19.2 Å². The highest BCUT2D eigenvalue weighted by Gasteiger charge is 2.41. The molecule has 1 saturated carbocycles. The number of thioether (sulfide) groups is 1. The van der Waals surface area contributed by atoms with Crippen LogP contribution in [0.25, 0.3) is 0 Å². The topological polar surface area (TPSA) is 95.6 Å². The normalized spacial score (nSPS) is 23.0. The van der Waals surface area contributed by atoms with Crippen LogP contribution in [0.2, 0.25) is 0 Å². The minimum absolute atomic E-state index is 0.175. The van der Waals surface area contributed by atoms with Crippen LogP contribution >= 0.6 is 11.8 Å². The molecular weight excluding hydrogens is 354 g/mol. The van der Waals surface area contributed by atoms with Crippen molar-refractivity contribution in [1.29, 1.82) is 0 Å². The van der Waals surface area contributed by atoms with Gasteiger partial charge in [0.15, 0.2) is 0 Å². The maximum absolute atomic E-state index is 12.6. The number of amides is 4. The molecule has 0 aromatic heterocycles. The minimum atomic E-state index is -0.277. The average Bonchev–Trinajstić information content (AvgIpc) is 2.94. The Kier molecular flexibility index (Phi) is 5.61. The molecule has 4 amide bonds. The zero-order valence-corrected chi connectivity index (χ0v) is 15.3.